The van der Waals surface area contributed by atoms with Gasteiger partial charge in [0.1, 0.15) is 0 Å². The largest absolute Gasteiger partial charge is 0.310 e. The van der Waals surface area contributed by atoms with Gasteiger partial charge in [0.15, 0.2) is 0 Å². The standard InChI is InChI=1S/C36H35N/c1-35(2)22-23-36(3,4)33-25-31-28(24-32(33)35)14-11-17-34(31)37(29-15-9-6-10-16-29)30-20-18-27(19-21-30)26-12-7-5-8-13-26/h5-21,24-25H,22-23H2,1-4H3. The van der Waals surface area contributed by atoms with Crippen LogP contribution in [0.3, 0.4) is 0 Å². The van der Waals surface area contributed by atoms with Crippen LogP contribution in [0.25, 0.3) is 21.9 Å². The third kappa shape index (κ3) is 4.23. The molecule has 1 nitrogen and oxygen atoms in total. The second kappa shape index (κ2) is 8.92. The Balaban J connectivity index is 1.55. The van der Waals surface area contributed by atoms with Gasteiger partial charge in [0.2, 0.25) is 0 Å². The van der Waals surface area contributed by atoms with Gasteiger partial charge in [-0.25, -0.2) is 0 Å². The summed E-state index contributed by atoms with van der Waals surface area (Å²) in [6.45, 7) is 9.63. The van der Waals surface area contributed by atoms with Gasteiger partial charge in [-0.3, -0.25) is 0 Å². The predicted molar refractivity (Wildman–Crippen MR) is 159 cm³/mol. The van der Waals surface area contributed by atoms with E-state index in [4.69, 9.17) is 0 Å². The van der Waals surface area contributed by atoms with E-state index in [0.717, 1.165) is 5.69 Å². The highest BCUT2D eigenvalue weighted by atomic mass is 15.1. The molecule has 1 aliphatic rings. The first-order valence-electron chi connectivity index (χ1n) is 13.4. The Bertz CT molecular complexity index is 1540. The number of nitrogens with zero attached hydrogens (tertiary/aromatic N) is 1. The highest BCUT2D eigenvalue weighted by molar-refractivity contribution is 6.00. The van der Waals surface area contributed by atoms with Gasteiger partial charge in [-0.2, -0.15) is 0 Å². The summed E-state index contributed by atoms with van der Waals surface area (Å²) in [6.07, 6.45) is 2.44. The van der Waals surface area contributed by atoms with Gasteiger partial charge >= 0.3 is 0 Å². The van der Waals surface area contributed by atoms with Gasteiger partial charge < -0.3 is 4.90 Å². The summed E-state index contributed by atoms with van der Waals surface area (Å²) in [7, 11) is 0. The molecule has 0 aromatic heterocycles. The van der Waals surface area contributed by atoms with Gasteiger partial charge in [0.05, 0.1) is 5.69 Å². The summed E-state index contributed by atoms with van der Waals surface area (Å²) in [5.74, 6) is 0. The molecule has 1 heteroatoms. The molecule has 37 heavy (non-hydrogen) atoms. The topological polar surface area (TPSA) is 3.24 Å². The van der Waals surface area contributed by atoms with Crippen molar-refractivity contribution in [3.63, 3.8) is 0 Å². The molecule has 0 atom stereocenters. The van der Waals surface area contributed by atoms with E-state index in [2.05, 4.69) is 148 Å². The minimum Gasteiger partial charge on any atom is -0.310 e. The van der Waals surface area contributed by atoms with Crippen LogP contribution in [-0.4, -0.2) is 0 Å². The van der Waals surface area contributed by atoms with Crippen LogP contribution in [0.1, 0.15) is 51.7 Å². The Kier molecular flexibility index (Phi) is 5.68. The molecule has 0 amide bonds. The van der Waals surface area contributed by atoms with Crippen molar-refractivity contribution in [2.75, 3.05) is 4.90 Å². The molecule has 5 aromatic carbocycles. The van der Waals surface area contributed by atoms with Gasteiger partial charge in [-0.15, -0.1) is 0 Å². The van der Waals surface area contributed by atoms with Crippen LogP contribution in [0.15, 0.2) is 115 Å². The van der Waals surface area contributed by atoms with Crippen LogP contribution >= 0.6 is 0 Å². The molecule has 184 valence electrons. The summed E-state index contributed by atoms with van der Waals surface area (Å²) in [6, 6.07) is 42.0. The van der Waals surface area contributed by atoms with Crippen molar-refractivity contribution in [2.24, 2.45) is 0 Å². The van der Waals surface area contributed by atoms with Crippen molar-refractivity contribution in [1.82, 2.24) is 0 Å². The number of benzene rings is 5. The Morgan fingerprint density at radius 1 is 0.514 bits per heavy atom. The number of rotatable bonds is 4. The van der Waals surface area contributed by atoms with E-state index in [9.17, 15) is 0 Å². The van der Waals surface area contributed by atoms with Crippen molar-refractivity contribution in [3.05, 3.63) is 126 Å². The first-order chi connectivity index (χ1) is 17.8. The maximum atomic E-state index is 2.50. The zero-order valence-corrected chi connectivity index (χ0v) is 22.3. The molecule has 0 saturated carbocycles. The van der Waals surface area contributed by atoms with E-state index in [0.29, 0.717) is 0 Å². The number of anilines is 3. The van der Waals surface area contributed by atoms with E-state index < -0.39 is 0 Å². The van der Waals surface area contributed by atoms with Crippen molar-refractivity contribution >= 4 is 27.8 Å². The van der Waals surface area contributed by atoms with Crippen molar-refractivity contribution < 1.29 is 0 Å². The fourth-order valence-corrected chi connectivity index (χ4v) is 5.96. The fraction of sp³-hybridized carbons (Fsp3) is 0.222. The smallest absolute Gasteiger partial charge is 0.0540 e. The van der Waals surface area contributed by atoms with Crippen LogP contribution in [0, 0.1) is 0 Å². The Labute approximate surface area is 221 Å². The lowest BCUT2D eigenvalue weighted by molar-refractivity contribution is 0.332. The lowest BCUT2D eigenvalue weighted by atomic mass is 9.63. The van der Waals surface area contributed by atoms with Crippen LogP contribution in [-0.2, 0) is 10.8 Å². The van der Waals surface area contributed by atoms with E-state index in [1.807, 2.05) is 0 Å². The lowest BCUT2D eigenvalue weighted by Crippen LogP contribution is -2.33. The number of hydrogen-bond acceptors (Lipinski definition) is 1. The van der Waals surface area contributed by atoms with Crippen molar-refractivity contribution in [2.45, 2.75) is 51.4 Å². The molecule has 0 saturated heterocycles. The molecule has 0 unspecified atom stereocenters. The molecule has 0 fully saturated rings. The van der Waals surface area contributed by atoms with Gasteiger partial charge in [0, 0.05) is 16.8 Å². The zero-order chi connectivity index (χ0) is 25.6. The van der Waals surface area contributed by atoms with E-state index >= 15 is 0 Å². The number of hydrogen-bond donors (Lipinski definition) is 0. The summed E-state index contributed by atoms with van der Waals surface area (Å²) in [5.41, 5.74) is 9.38. The molecule has 0 aliphatic heterocycles. The highest BCUT2D eigenvalue weighted by Crippen LogP contribution is 2.49. The monoisotopic (exact) mass is 481 g/mol. The SMILES string of the molecule is CC1(C)CCC(C)(C)c2cc3c(N(c4ccccc4)c4ccc(-c5ccccc5)cc4)cccc3cc21. The first-order valence-corrected chi connectivity index (χ1v) is 13.4. The molecular formula is C36H35N. The lowest BCUT2D eigenvalue weighted by Gasteiger charge is -2.42. The quantitative estimate of drug-likeness (QED) is 0.247. The Morgan fingerprint density at radius 2 is 1.05 bits per heavy atom. The first kappa shape index (κ1) is 23.6. The molecule has 0 N–H and O–H groups in total. The second-order valence-electron chi connectivity index (χ2n) is 11.7. The maximum Gasteiger partial charge on any atom is 0.0540 e. The average Bonchev–Trinajstić information content (AvgIpc) is 2.92. The molecule has 1 aliphatic carbocycles. The van der Waals surface area contributed by atoms with Crippen LogP contribution < -0.4 is 4.90 Å². The van der Waals surface area contributed by atoms with Crippen LogP contribution in [0.4, 0.5) is 17.1 Å². The van der Waals surface area contributed by atoms with Crippen molar-refractivity contribution in [1.29, 1.82) is 0 Å². The third-order valence-electron chi connectivity index (χ3n) is 8.32. The summed E-state index contributed by atoms with van der Waals surface area (Å²) in [5, 5.41) is 2.62. The third-order valence-corrected chi connectivity index (χ3v) is 8.32. The highest BCUT2D eigenvalue weighted by Gasteiger charge is 2.37. The Morgan fingerprint density at radius 3 is 1.70 bits per heavy atom. The molecule has 0 radical (unpaired) electrons. The van der Waals surface area contributed by atoms with Gasteiger partial charge in [0.25, 0.3) is 0 Å². The molecule has 5 aromatic rings. The maximum absolute atomic E-state index is 2.50. The number of fused-ring (bicyclic) bond motifs is 2. The average molecular weight is 482 g/mol. The van der Waals surface area contributed by atoms with Crippen molar-refractivity contribution in [3.8, 4) is 11.1 Å². The minimum absolute atomic E-state index is 0.168. The second-order valence-corrected chi connectivity index (χ2v) is 11.7. The molecule has 0 spiro atoms. The summed E-state index contributed by atoms with van der Waals surface area (Å²) >= 11 is 0. The molecule has 0 heterocycles. The van der Waals surface area contributed by atoms with Gasteiger partial charge in [-0.05, 0) is 87.7 Å². The normalized spacial score (nSPS) is 15.8. The number of para-hydroxylation sites is 1. The van der Waals surface area contributed by atoms with Crippen LogP contribution in [0.5, 0.6) is 0 Å². The molecular weight excluding hydrogens is 446 g/mol. The molecule has 0 bridgehead atoms. The molecule has 6 rings (SSSR count). The zero-order valence-electron chi connectivity index (χ0n) is 22.3. The summed E-state index contributed by atoms with van der Waals surface area (Å²) < 4.78 is 0. The van der Waals surface area contributed by atoms with Gasteiger partial charge in [-0.1, -0.05) is 107 Å². The fourth-order valence-electron chi connectivity index (χ4n) is 5.96. The summed E-state index contributed by atoms with van der Waals surface area (Å²) in [4.78, 5) is 2.41. The minimum atomic E-state index is 0.168. The Hall–Kier alpha value is -3.84. The van der Waals surface area contributed by atoms with E-state index in [1.54, 1.807) is 0 Å². The van der Waals surface area contributed by atoms with Crippen LogP contribution in [0.2, 0.25) is 0 Å². The predicted octanol–water partition coefficient (Wildman–Crippen LogP) is 10.3. The van der Waals surface area contributed by atoms with E-state index in [-0.39, 0.29) is 10.8 Å². The van der Waals surface area contributed by atoms with E-state index in [1.165, 1.54) is 57.2 Å².